The third-order valence-electron chi connectivity index (χ3n) is 2.56. The molecular formula is C8H15NO10S2. The van der Waals surface area contributed by atoms with Crippen molar-refractivity contribution in [3.8, 4) is 0 Å². The summed E-state index contributed by atoms with van der Waals surface area (Å²) < 4.78 is 63.0. The van der Waals surface area contributed by atoms with Crippen LogP contribution in [0.3, 0.4) is 0 Å². The number of aliphatic hydroxyl groups excluding tert-OH is 1. The highest BCUT2D eigenvalue weighted by Gasteiger charge is 2.43. The van der Waals surface area contributed by atoms with E-state index in [0.717, 1.165) is 0 Å². The summed E-state index contributed by atoms with van der Waals surface area (Å²) in [6.07, 6.45) is -4.43. The van der Waals surface area contributed by atoms with Gasteiger partial charge in [0.25, 0.3) is 0 Å². The molecule has 0 saturated carbocycles. The van der Waals surface area contributed by atoms with Gasteiger partial charge in [-0.3, -0.25) is 18.1 Å². The van der Waals surface area contributed by atoms with Gasteiger partial charge in [-0.15, -0.1) is 0 Å². The minimum absolute atomic E-state index is 0.210. The van der Waals surface area contributed by atoms with Crippen molar-refractivity contribution >= 4 is 27.7 Å². The summed E-state index contributed by atoms with van der Waals surface area (Å²) in [6.45, 7) is 0.390. The molecule has 0 aromatic carbocycles. The first kappa shape index (κ1) is 18.4. The minimum atomic E-state index is -4.93. The standard InChI is InChI=1S/C8H15NO10S2/c1-4(10)9-5-2-17-6(3-18-20(12)13)8(7(5)11)19-21(14,15)16/h5-8,11H,2-3H2,1H3,(H,9,10)(H,12,13)(H,14,15,16). The van der Waals surface area contributed by atoms with Crippen LogP contribution in [0.15, 0.2) is 0 Å². The van der Waals surface area contributed by atoms with Gasteiger partial charge in [-0.05, 0) is 0 Å². The SMILES string of the molecule is CC(=O)NC1COC(COS(=O)O)C(OS(=O)(=O)O)C1O. The van der Waals surface area contributed by atoms with Gasteiger partial charge < -0.3 is 15.2 Å². The minimum Gasteiger partial charge on any atom is -0.388 e. The monoisotopic (exact) mass is 349 g/mol. The van der Waals surface area contributed by atoms with Gasteiger partial charge in [-0.25, -0.2) is 4.18 Å². The fourth-order valence-corrected chi connectivity index (χ4v) is 2.55. The predicted octanol–water partition coefficient (Wildman–Crippen LogP) is -2.41. The first-order valence-corrected chi connectivity index (χ1v) is 7.96. The van der Waals surface area contributed by atoms with Crippen LogP contribution in [-0.4, -0.2) is 70.3 Å². The Morgan fingerprint density at radius 1 is 1.52 bits per heavy atom. The van der Waals surface area contributed by atoms with E-state index in [1.807, 2.05) is 0 Å². The van der Waals surface area contributed by atoms with Gasteiger partial charge in [0.1, 0.15) is 18.3 Å². The molecule has 13 heteroatoms. The fraction of sp³-hybridized carbons (Fsp3) is 0.875. The third kappa shape index (κ3) is 6.31. The van der Waals surface area contributed by atoms with Crippen molar-refractivity contribution in [2.75, 3.05) is 13.2 Å². The van der Waals surface area contributed by atoms with Gasteiger partial charge in [-0.1, -0.05) is 0 Å². The zero-order chi connectivity index (χ0) is 16.2. The zero-order valence-electron chi connectivity index (χ0n) is 10.7. The average molecular weight is 349 g/mol. The van der Waals surface area contributed by atoms with Crippen molar-refractivity contribution in [2.45, 2.75) is 31.3 Å². The summed E-state index contributed by atoms with van der Waals surface area (Å²) in [4.78, 5) is 11.0. The molecule has 0 aromatic heterocycles. The van der Waals surface area contributed by atoms with Crippen LogP contribution in [0, 0.1) is 0 Å². The Hall–Kier alpha value is -0.670. The second-order valence-electron chi connectivity index (χ2n) is 4.16. The van der Waals surface area contributed by atoms with Crippen molar-refractivity contribution in [1.29, 1.82) is 0 Å². The lowest BCUT2D eigenvalue weighted by Gasteiger charge is -2.38. The van der Waals surface area contributed by atoms with Crippen molar-refractivity contribution in [1.82, 2.24) is 5.32 Å². The number of hydrogen-bond acceptors (Lipinski definition) is 8. The summed E-state index contributed by atoms with van der Waals surface area (Å²) in [7, 11) is -4.93. The molecule has 1 aliphatic heterocycles. The molecule has 1 rings (SSSR count). The molecule has 0 aliphatic carbocycles. The molecule has 0 bridgehead atoms. The van der Waals surface area contributed by atoms with Gasteiger partial charge in [0.2, 0.25) is 5.91 Å². The average Bonchev–Trinajstić information content (AvgIpc) is 2.31. The Bertz CT molecular complexity index is 491. The molecule has 5 atom stereocenters. The van der Waals surface area contributed by atoms with Gasteiger partial charge in [0, 0.05) is 6.92 Å². The summed E-state index contributed by atoms with van der Waals surface area (Å²) in [6, 6.07) is -0.981. The topological polar surface area (TPSA) is 169 Å². The number of carbonyl (C=O) groups excluding carboxylic acids is 1. The number of ether oxygens (including phenoxy) is 1. The normalized spacial score (nSPS) is 31.6. The second kappa shape index (κ2) is 7.55. The highest BCUT2D eigenvalue weighted by molar-refractivity contribution is 7.80. The Morgan fingerprint density at radius 3 is 2.62 bits per heavy atom. The number of nitrogens with one attached hydrogen (secondary N) is 1. The second-order valence-corrected chi connectivity index (χ2v) is 5.88. The zero-order valence-corrected chi connectivity index (χ0v) is 12.4. The van der Waals surface area contributed by atoms with E-state index in [0.29, 0.717) is 0 Å². The predicted molar refractivity (Wildman–Crippen MR) is 66.5 cm³/mol. The number of rotatable bonds is 6. The van der Waals surface area contributed by atoms with Gasteiger partial charge in [0.15, 0.2) is 0 Å². The molecule has 0 spiro atoms. The third-order valence-corrected chi connectivity index (χ3v) is 3.36. The summed E-state index contributed by atoms with van der Waals surface area (Å²) in [5, 5.41) is 12.3. The van der Waals surface area contributed by atoms with Crippen molar-refractivity contribution in [3.05, 3.63) is 0 Å². The van der Waals surface area contributed by atoms with Crippen molar-refractivity contribution in [3.63, 3.8) is 0 Å². The molecular weight excluding hydrogens is 334 g/mol. The van der Waals surface area contributed by atoms with E-state index in [1.54, 1.807) is 0 Å². The molecule has 124 valence electrons. The van der Waals surface area contributed by atoms with Gasteiger partial charge in [0.05, 0.1) is 19.3 Å². The summed E-state index contributed by atoms with van der Waals surface area (Å²) >= 11 is -2.63. The summed E-state index contributed by atoms with van der Waals surface area (Å²) in [5.41, 5.74) is 0. The number of aliphatic hydroxyl groups is 1. The smallest absolute Gasteiger partial charge is 0.388 e. The highest BCUT2D eigenvalue weighted by atomic mass is 32.3. The van der Waals surface area contributed by atoms with Crippen LogP contribution in [0.2, 0.25) is 0 Å². The maximum absolute atomic E-state index is 11.0. The van der Waals surface area contributed by atoms with Crippen LogP contribution in [0.4, 0.5) is 0 Å². The molecule has 1 aliphatic rings. The Labute approximate surface area is 123 Å². The first-order valence-electron chi connectivity index (χ1n) is 5.56. The maximum atomic E-state index is 11.0. The van der Waals surface area contributed by atoms with E-state index in [2.05, 4.69) is 13.7 Å². The van der Waals surface area contributed by atoms with E-state index in [4.69, 9.17) is 13.8 Å². The Kier molecular flexibility index (Phi) is 6.61. The molecule has 21 heavy (non-hydrogen) atoms. The lowest BCUT2D eigenvalue weighted by Crippen LogP contribution is -2.61. The Morgan fingerprint density at radius 2 is 2.14 bits per heavy atom. The van der Waals surface area contributed by atoms with Gasteiger partial charge >= 0.3 is 21.8 Å². The number of carbonyl (C=O) groups is 1. The van der Waals surface area contributed by atoms with Crippen molar-refractivity contribution in [2.24, 2.45) is 0 Å². The first-order chi connectivity index (χ1) is 9.60. The van der Waals surface area contributed by atoms with E-state index in [9.17, 15) is 22.5 Å². The molecule has 1 amide bonds. The lowest BCUT2D eigenvalue weighted by atomic mass is 9.98. The van der Waals surface area contributed by atoms with E-state index >= 15 is 0 Å². The number of hydrogen-bond donors (Lipinski definition) is 4. The Balaban J connectivity index is 2.84. The quantitative estimate of drug-likeness (QED) is 0.299. The maximum Gasteiger partial charge on any atom is 0.397 e. The van der Waals surface area contributed by atoms with Crippen LogP contribution in [0.5, 0.6) is 0 Å². The van der Waals surface area contributed by atoms with Crippen LogP contribution in [0.1, 0.15) is 6.92 Å². The fourth-order valence-electron chi connectivity index (χ4n) is 1.79. The van der Waals surface area contributed by atoms with E-state index in [1.165, 1.54) is 6.92 Å². The molecule has 0 radical (unpaired) electrons. The van der Waals surface area contributed by atoms with Gasteiger partial charge in [-0.2, -0.15) is 12.6 Å². The molecule has 0 aromatic rings. The van der Waals surface area contributed by atoms with Crippen LogP contribution < -0.4 is 5.32 Å². The highest BCUT2D eigenvalue weighted by Crippen LogP contribution is 2.21. The molecule has 11 nitrogen and oxygen atoms in total. The number of amides is 1. The lowest BCUT2D eigenvalue weighted by molar-refractivity contribution is -0.153. The molecule has 1 fully saturated rings. The molecule has 1 heterocycles. The van der Waals surface area contributed by atoms with Crippen LogP contribution >= 0.6 is 0 Å². The van der Waals surface area contributed by atoms with Crippen LogP contribution in [0.25, 0.3) is 0 Å². The van der Waals surface area contributed by atoms with E-state index < -0.39 is 58.6 Å². The van der Waals surface area contributed by atoms with E-state index in [-0.39, 0.29) is 6.61 Å². The summed E-state index contributed by atoms with van der Waals surface area (Å²) in [5.74, 6) is -0.501. The molecule has 5 unspecified atom stereocenters. The molecule has 1 saturated heterocycles. The van der Waals surface area contributed by atoms with Crippen LogP contribution in [-0.2, 0) is 39.7 Å². The molecule has 4 N–H and O–H groups in total. The van der Waals surface area contributed by atoms with Crippen molar-refractivity contribution < 1.29 is 44.7 Å². The largest absolute Gasteiger partial charge is 0.397 e.